The number of anilines is 2. The molecule has 0 fully saturated rings. The lowest BCUT2D eigenvalue weighted by Crippen LogP contribution is -2.09. The molecule has 0 saturated heterocycles. The molecule has 0 spiro atoms. The highest BCUT2D eigenvalue weighted by Gasteiger charge is 2.07. The van der Waals surface area contributed by atoms with E-state index in [2.05, 4.69) is 21.2 Å². The van der Waals surface area contributed by atoms with Gasteiger partial charge in [-0.3, -0.25) is 0 Å². The average Bonchev–Trinajstić information content (AvgIpc) is 2.34. The molecule has 0 aliphatic heterocycles. The zero-order chi connectivity index (χ0) is 14.0. The molecule has 6 heteroatoms. The number of nitrogens with one attached hydrogen (secondary N) is 1. The third kappa shape index (κ3) is 3.27. The molecule has 0 unspecified atom stereocenters. The van der Waals surface area contributed by atoms with Crippen LogP contribution in [-0.4, -0.2) is 4.99 Å². The van der Waals surface area contributed by atoms with Crippen molar-refractivity contribution >= 4 is 44.5 Å². The summed E-state index contributed by atoms with van der Waals surface area (Å²) >= 11 is 7.97. The van der Waals surface area contributed by atoms with Gasteiger partial charge in [-0.2, -0.15) is 0 Å². The first-order valence-electron chi connectivity index (χ1n) is 5.29. The molecule has 0 aromatic heterocycles. The monoisotopic (exact) mass is 342 g/mol. The summed E-state index contributed by atoms with van der Waals surface area (Å²) in [6.07, 6.45) is 0. The molecule has 0 bridgehead atoms. The summed E-state index contributed by atoms with van der Waals surface area (Å²) in [5, 5.41) is 2.86. The van der Waals surface area contributed by atoms with E-state index in [0.29, 0.717) is 15.7 Å². The number of rotatable bonds is 3. The molecule has 0 aliphatic rings. The highest BCUT2D eigenvalue weighted by Crippen LogP contribution is 2.28. The first-order chi connectivity index (χ1) is 8.97. The van der Waals surface area contributed by atoms with Gasteiger partial charge >= 0.3 is 0 Å². The van der Waals surface area contributed by atoms with E-state index in [0.717, 1.165) is 0 Å². The van der Waals surface area contributed by atoms with Crippen molar-refractivity contribution in [2.24, 2.45) is 5.73 Å². The normalized spacial score (nSPS) is 10.3. The lowest BCUT2D eigenvalue weighted by molar-refractivity contribution is 0.627. The Morgan fingerprint density at radius 1 is 1.11 bits per heavy atom. The topological polar surface area (TPSA) is 38.0 Å². The van der Waals surface area contributed by atoms with E-state index in [1.165, 1.54) is 30.3 Å². The number of halogens is 3. The van der Waals surface area contributed by atoms with Crippen LogP contribution >= 0.6 is 28.1 Å². The summed E-state index contributed by atoms with van der Waals surface area (Å²) in [4.78, 5) is 0.133. The Morgan fingerprint density at radius 3 is 2.37 bits per heavy atom. The summed E-state index contributed by atoms with van der Waals surface area (Å²) in [5.74, 6) is -0.858. The van der Waals surface area contributed by atoms with Gasteiger partial charge in [0.05, 0.1) is 11.4 Å². The summed E-state index contributed by atoms with van der Waals surface area (Å²) < 4.78 is 27.3. The summed E-state index contributed by atoms with van der Waals surface area (Å²) in [6, 6.07) is 8.49. The summed E-state index contributed by atoms with van der Waals surface area (Å²) in [6.45, 7) is 0. The van der Waals surface area contributed by atoms with Gasteiger partial charge in [-0.1, -0.05) is 12.2 Å². The number of hydrogen-bond donors (Lipinski definition) is 2. The van der Waals surface area contributed by atoms with E-state index in [1.54, 1.807) is 6.07 Å². The largest absolute Gasteiger partial charge is 0.389 e. The fourth-order valence-corrected chi connectivity index (χ4v) is 2.08. The highest BCUT2D eigenvalue weighted by atomic mass is 79.9. The third-order valence-electron chi connectivity index (χ3n) is 2.45. The van der Waals surface area contributed by atoms with E-state index < -0.39 is 5.82 Å². The average molecular weight is 343 g/mol. The van der Waals surface area contributed by atoms with Gasteiger partial charge in [0.2, 0.25) is 0 Å². The van der Waals surface area contributed by atoms with E-state index >= 15 is 0 Å². The van der Waals surface area contributed by atoms with Crippen LogP contribution in [0.4, 0.5) is 20.2 Å². The first kappa shape index (κ1) is 13.9. The molecule has 2 aromatic rings. The Hall–Kier alpha value is -1.53. The lowest BCUT2D eigenvalue weighted by Gasteiger charge is -2.10. The van der Waals surface area contributed by atoms with Gasteiger partial charge in [0.15, 0.2) is 0 Å². The Bertz CT molecular complexity index is 647. The van der Waals surface area contributed by atoms with Crippen molar-refractivity contribution in [2.45, 2.75) is 0 Å². The molecule has 2 nitrogen and oxygen atoms in total. The van der Waals surface area contributed by atoms with E-state index in [-0.39, 0.29) is 16.5 Å². The van der Waals surface area contributed by atoms with Gasteiger partial charge < -0.3 is 11.1 Å². The van der Waals surface area contributed by atoms with Crippen LogP contribution in [0.15, 0.2) is 40.9 Å². The standard InChI is InChI=1S/C13H9BrF2N2S/c14-9-6-8(15)2-4-11(9)18-12-3-1-7(13(17)19)5-10(12)16/h1-6,18H,(H2,17,19). The van der Waals surface area contributed by atoms with Crippen LogP contribution in [0.1, 0.15) is 5.56 Å². The number of nitrogens with two attached hydrogens (primary N) is 1. The van der Waals surface area contributed by atoms with Gasteiger partial charge in [0, 0.05) is 10.0 Å². The third-order valence-corrected chi connectivity index (χ3v) is 3.35. The second kappa shape index (κ2) is 5.63. The highest BCUT2D eigenvalue weighted by molar-refractivity contribution is 9.10. The van der Waals surface area contributed by atoms with Crippen LogP contribution in [0.3, 0.4) is 0 Å². The molecule has 2 rings (SSSR count). The quantitative estimate of drug-likeness (QED) is 0.824. The predicted octanol–water partition coefficient (Wildman–Crippen LogP) is 4.11. The lowest BCUT2D eigenvalue weighted by atomic mass is 10.2. The van der Waals surface area contributed by atoms with Crippen molar-refractivity contribution in [3.63, 3.8) is 0 Å². The van der Waals surface area contributed by atoms with Crippen molar-refractivity contribution in [2.75, 3.05) is 5.32 Å². The second-order valence-corrected chi connectivity index (χ2v) is 5.10. The van der Waals surface area contributed by atoms with Gasteiger partial charge in [-0.15, -0.1) is 0 Å². The maximum Gasteiger partial charge on any atom is 0.147 e. The summed E-state index contributed by atoms with van der Waals surface area (Å²) in [7, 11) is 0. The fraction of sp³-hybridized carbons (Fsp3) is 0. The molecule has 0 radical (unpaired) electrons. The van der Waals surface area contributed by atoms with Gasteiger partial charge in [0.1, 0.15) is 16.6 Å². The summed E-state index contributed by atoms with van der Waals surface area (Å²) in [5.41, 5.74) is 6.69. The fourth-order valence-electron chi connectivity index (χ4n) is 1.51. The van der Waals surface area contributed by atoms with Crippen LogP contribution in [-0.2, 0) is 0 Å². The molecule has 0 amide bonds. The molecular formula is C13H9BrF2N2S. The van der Waals surface area contributed by atoms with Crippen molar-refractivity contribution in [1.82, 2.24) is 0 Å². The number of benzene rings is 2. The molecule has 0 heterocycles. The van der Waals surface area contributed by atoms with Gasteiger partial charge in [-0.05, 0) is 52.3 Å². The molecule has 98 valence electrons. The van der Waals surface area contributed by atoms with E-state index in [9.17, 15) is 8.78 Å². The number of hydrogen-bond acceptors (Lipinski definition) is 2. The van der Waals surface area contributed by atoms with Crippen molar-refractivity contribution in [3.05, 3.63) is 58.1 Å². The van der Waals surface area contributed by atoms with Crippen LogP contribution in [0.2, 0.25) is 0 Å². The van der Waals surface area contributed by atoms with Crippen LogP contribution < -0.4 is 11.1 Å². The predicted molar refractivity (Wildman–Crippen MR) is 79.7 cm³/mol. The molecule has 0 saturated carbocycles. The smallest absolute Gasteiger partial charge is 0.147 e. The zero-order valence-electron chi connectivity index (χ0n) is 9.58. The van der Waals surface area contributed by atoms with Crippen LogP contribution in [0.5, 0.6) is 0 Å². The minimum atomic E-state index is -0.485. The Morgan fingerprint density at radius 2 is 1.79 bits per heavy atom. The molecule has 19 heavy (non-hydrogen) atoms. The van der Waals surface area contributed by atoms with E-state index in [1.807, 2.05) is 0 Å². The Labute approximate surface area is 122 Å². The van der Waals surface area contributed by atoms with Crippen molar-refractivity contribution in [3.8, 4) is 0 Å². The van der Waals surface area contributed by atoms with E-state index in [4.69, 9.17) is 18.0 Å². The number of thiocarbonyl (C=S) groups is 1. The van der Waals surface area contributed by atoms with Gasteiger partial charge in [-0.25, -0.2) is 8.78 Å². The van der Waals surface area contributed by atoms with Crippen molar-refractivity contribution in [1.29, 1.82) is 0 Å². The maximum atomic E-state index is 13.8. The molecule has 2 aromatic carbocycles. The Kier molecular flexibility index (Phi) is 4.11. The first-order valence-corrected chi connectivity index (χ1v) is 6.49. The molecule has 0 atom stereocenters. The minimum absolute atomic E-state index is 0.133. The second-order valence-electron chi connectivity index (χ2n) is 3.81. The van der Waals surface area contributed by atoms with Gasteiger partial charge in [0.25, 0.3) is 0 Å². The van der Waals surface area contributed by atoms with Crippen LogP contribution in [0, 0.1) is 11.6 Å². The molecular weight excluding hydrogens is 334 g/mol. The molecule has 3 N–H and O–H groups in total. The molecule has 0 aliphatic carbocycles. The van der Waals surface area contributed by atoms with Crippen molar-refractivity contribution < 1.29 is 8.78 Å². The van der Waals surface area contributed by atoms with Crippen LogP contribution in [0.25, 0.3) is 0 Å². The SMILES string of the molecule is NC(=S)c1ccc(Nc2ccc(F)cc2Br)c(F)c1. The zero-order valence-corrected chi connectivity index (χ0v) is 12.0. The maximum absolute atomic E-state index is 13.8. The Balaban J connectivity index is 2.31. The minimum Gasteiger partial charge on any atom is -0.389 e.